The Morgan fingerprint density at radius 2 is 1.72 bits per heavy atom. The van der Waals surface area contributed by atoms with Crippen LogP contribution in [0.1, 0.15) is 65.7 Å². The summed E-state index contributed by atoms with van der Waals surface area (Å²) in [6, 6.07) is 6.36. The van der Waals surface area contributed by atoms with Gasteiger partial charge < -0.3 is 9.47 Å². The molecule has 0 amide bonds. The topological polar surface area (TPSA) is 114 Å². The highest BCUT2D eigenvalue weighted by molar-refractivity contribution is 5.89. The molecule has 1 N–H and O–H groups in total. The van der Waals surface area contributed by atoms with Gasteiger partial charge in [-0.25, -0.2) is 0 Å². The molecule has 6 nitrogen and oxygen atoms in total. The van der Waals surface area contributed by atoms with Crippen molar-refractivity contribution in [2.75, 3.05) is 0 Å². The van der Waals surface area contributed by atoms with Gasteiger partial charge in [-0.2, -0.15) is 15.8 Å². The van der Waals surface area contributed by atoms with Gasteiger partial charge in [0.25, 0.3) is 0 Å². The standard InChI is InChI=1S/C19H26N4O2/c1-4-7-8-9-15-17(11-20,12-21)18(13-22)14(6-3)19(24-15,10-5-2)25-16(18)23/h14-15,23H,4-10H2,1-3H3. The van der Waals surface area contributed by atoms with Gasteiger partial charge in [0, 0.05) is 6.42 Å². The van der Waals surface area contributed by atoms with Crippen LogP contribution in [0.5, 0.6) is 0 Å². The Kier molecular flexibility index (Phi) is 5.40. The summed E-state index contributed by atoms with van der Waals surface area (Å²) in [5.74, 6) is -1.86. The average Bonchev–Trinajstić information content (AvgIpc) is 2.80. The first-order valence-corrected chi connectivity index (χ1v) is 9.18. The molecule has 4 atom stereocenters. The summed E-state index contributed by atoms with van der Waals surface area (Å²) in [6.07, 6.45) is 4.35. The second-order valence-corrected chi connectivity index (χ2v) is 7.01. The van der Waals surface area contributed by atoms with Crippen molar-refractivity contribution in [2.24, 2.45) is 16.7 Å². The van der Waals surface area contributed by atoms with Crippen LogP contribution in [-0.4, -0.2) is 17.8 Å². The molecule has 25 heavy (non-hydrogen) atoms. The predicted octanol–water partition coefficient (Wildman–Crippen LogP) is 4.04. The van der Waals surface area contributed by atoms with Gasteiger partial charge >= 0.3 is 0 Å². The van der Waals surface area contributed by atoms with Crippen molar-refractivity contribution in [3.63, 3.8) is 0 Å². The SMILES string of the molecule is CCCCCC1OC2(CCC)OC(=N)C(C#N)(C2CC)C1(C#N)C#N. The molecule has 2 rings (SSSR count). The minimum Gasteiger partial charge on any atom is -0.447 e. The third-order valence-electron chi connectivity index (χ3n) is 5.74. The van der Waals surface area contributed by atoms with Crippen molar-refractivity contribution in [3.8, 4) is 18.2 Å². The summed E-state index contributed by atoms with van der Waals surface area (Å²) >= 11 is 0. The molecule has 2 aliphatic rings. The molecule has 0 radical (unpaired) electrons. The number of hydrogen-bond donors (Lipinski definition) is 1. The molecule has 0 aromatic rings. The van der Waals surface area contributed by atoms with Crippen LogP contribution in [0.25, 0.3) is 0 Å². The molecule has 0 aromatic heterocycles. The maximum atomic E-state index is 10.1. The first-order valence-electron chi connectivity index (χ1n) is 9.18. The lowest BCUT2D eigenvalue weighted by Gasteiger charge is -2.49. The Bertz CT molecular complexity index is 642. The van der Waals surface area contributed by atoms with E-state index >= 15 is 0 Å². The lowest BCUT2D eigenvalue weighted by Crippen LogP contribution is -2.62. The molecule has 0 spiro atoms. The summed E-state index contributed by atoms with van der Waals surface area (Å²) in [5.41, 5.74) is -3.30. The van der Waals surface area contributed by atoms with Gasteiger partial charge in [0.05, 0.1) is 30.2 Å². The first-order chi connectivity index (χ1) is 12.0. The van der Waals surface area contributed by atoms with E-state index in [-0.39, 0.29) is 5.90 Å². The van der Waals surface area contributed by atoms with E-state index in [0.29, 0.717) is 19.3 Å². The summed E-state index contributed by atoms with van der Waals surface area (Å²) in [6.45, 7) is 5.96. The maximum absolute atomic E-state index is 10.1. The van der Waals surface area contributed by atoms with E-state index in [1.807, 2.05) is 13.8 Å². The van der Waals surface area contributed by atoms with Crippen molar-refractivity contribution in [3.05, 3.63) is 0 Å². The van der Waals surface area contributed by atoms with Gasteiger partial charge in [-0.1, -0.05) is 40.0 Å². The second kappa shape index (κ2) is 7.03. The highest BCUT2D eigenvalue weighted by Crippen LogP contribution is 2.65. The van der Waals surface area contributed by atoms with E-state index in [1.165, 1.54) is 0 Å². The van der Waals surface area contributed by atoms with Crippen LogP contribution in [0.2, 0.25) is 0 Å². The zero-order chi connectivity index (χ0) is 18.7. The average molecular weight is 342 g/mol. The Balaban J connectivity index is 2.64. The van der Waals surface area contributed by atoms with Gasteiger partial charge in [-0.15, -0.1) is 0 Å². The van der Waals surface area contributed by atoms with Crippen LogP contribution in [0.4, 0.5) is 0 Å². The quantitative estimate of drug-likeness (QED) is 0.701. The van der Waals surface area contributed by atoms with Gasteiger partial charge in [0.1, 0.15) is 0 Å². The number of nitriles is 3. The Labute approximate surface area is 149 Å². The minimum absolute atomic E-state index is 0.281. The first kappa shape index (κ1) is 19.2. The number of hydrogen-bond acceptors (Lipinski definition) is 6. The normalized spacial score (nSPS) is 35.3. The molecule has 4 unspecified atom stereocenters. The van der Waals surface area contributed by atoms with Gasteiger partial charge in [-0.05, 0) is 19.3 Å². The molecule has 0 aliphatic carbocycles. The highest BCUT2D eigenvalue weighted by atomic mass is 16.7. The van der Waals surface area contributed by atoms with E-state index in [2.05, 4.69) is 25.1 Å². The molecule has 134 valence electrons. The molecular formula is C19H26N4O2. The van der Waals surface area contributed by atoms with Crippen LogP contribution in [0.3, 0.4) is 0 Å². The summed E-state index contributed by atoms with van der Waals surface area (Å²) < 4.78 is 12.1. The largest absolute Gasteiger partial charge is 0.447 e. The van der Waals surface area contributed by atoms with Crippen LogP contribution in [0.15, 0.2) is 0 Å². The fourth-order valence-corrected chi connectivity index (χ4v) is 4.62. The molecule has 0 aromatic carbocycles. The Morgan fingerprint density at radius 1 is 1.04 bits per heavy atom. The van der Waals surface area contributed by atoms with Crippen LogP contribution in [-0.2, 0) is 9.47 Å². The number of fused-ring (bicyclic) bond motifs is 2. The monoisotopic (exact) mass is 342 g/mol. The van der Waals surface area contributed by atoms with E-state index in [4.69, 9.17) is 14.9 Å². The van der Waals surface area contributed by atoms with Crippen LogP contribution >= 0.6 is 0 Å². The van der Waals surface area contributed by atoms with Crippen molar-refractivity contribution in [1.29, 1.82) is 21.2 Å². The third-order valence-corrected chi connectivity index (χ3v) is 5.74. The lowest BCUT2D eigenvalue weighted by atomic mass is 9.53. The number of nitrogens with one attached hydrogen (secondary N) is 1. The van der Waals surface area contributed by atoms with Crippen molar-refractivity contribution >= 4 is 5.90 Å². The molecular weight excluding hydrogens is 316 g/mol. The highest BCUT2D eigenvalue weighted by Gasteiger charge is 2.79. The summed E-state index contributed by atoms with van der Waals surface area (Å²) in [7, 11) is 0. The predicted molar refractivity (Wildman–Crippen MR) is 91.0 cm³/mol. The third kappa shape index (κ3) is 2.34. The molecule has 2 saturated heterocycles. The molecule has 6 heteroatoms. The molecule has 2 heterocycles. The van der Waals surface area contributed by atoms with Crippen molar-refractivity contribution in [2.45, 2.75) is 77.6 Å². The van der Waals surface area contributed by atoms with Crippen molar-refractivity contribution in [1.82, 2.24) is 0 Å². The fourth-order valence-electron chi connectivity index (χ4n) is 4.62. The van der Waals surface area contributed by atoms with Crippen LogP contribution in [0, 0.1) is 56.2 Å². The van der Waals surface area contributed by atoms with Gasteiger partial charge in [0.2, 0.25) is 11.7 Å². The zero-order valence-corrected chi connectivity index (χ0v) is 15.3. The van der Waals surface area contributed by atoms with Gasteiger partial charge in [0.15, 0.2) is 10.8 Å². The molecule has 0 saturated carbocycles. The number of nitrogens with zero attached hydrogens (tertiary/aromatic N) is 3. The molecule has 2 aliphatic heterocycles. The minimum atomic E-state index is -1.72. The van der Waals surface area contributed by atoms with E-state index < -0.39 is 28.6 Å². The van der Waals surface area contributed by atoms with E-state index in [9.17, 15) is 15.8 Å². The Morgan fingerprint density at radius 3 is 2.20 bits per heavy atom. The molecule has 2 bridgehead atoms. The van der Waals surface area contributed by atoms with Crippen molar-refractivity contribution < 1.29 is 9.47 Å². The van der Waals surface area contributed by atoms with E-state index in [0.717, 1.165) is 25.7 Å². The molecule has 2 fully saturated rings. The summed E-state index contributed by atoms with van der Waals surface area (Å²) in [5, 5.41) is 38.4. The zero-order valence-electron chi connectivity index (χ0n) is 15.3. The number of ether oxygens (including phenoxy) is 2. The smallest absolute Gasteiger partial charge is 0.217 e. The fraction of sp³-hybridized carbons (Fsp3) is 0.789. The van der Waals surface area contributed by atoms with Gasteiger partial charge in [-0.3, -0.25) is 5.41 Å². The Hall–Kier alpha value is -2.10. The number of unbranched alkanes of at least 4 members (excludes halogenated alkanes) is 2. The summed E-state index contributed by atoms with van der Waals surface area (Å²) in [4.78, 5) is 0. The maximum Gasteiger partial charge on any atom is 0.217 e. The van der Waals surface area contributed by atoms with Crippen LogP contribution < -0.4 is 0 Å². The second-order valence-electron chi connectivity index (χ2n) is 7.01. The number of rotatable bonds is 7. The lowest BCUT2D eigenvalue weighted by molar-refractivity contribution is -0.284. The van der Waals surface area contributed by atoms with E-state index in [1.54, 1.807) is 0 Å².